The average molecular weight is 278 g/mol. The molecule has 3 nitrogen and oxygen atoms in total. The third-order valence-electron chi connectivity index (χ3n) is 2.98. The minimum atomic E-state index is -0.516. The standard InChI is InChI=1S/C15H16F2N2O/c1-20-12-4-2-3-11(8-12)19-15(9-18)13-7-10(16)5-6-14(13)17/h2-8,15,19H,9,18H2,1H3. The first-order chi connectivity index (χ1) is 9.63. The van der Waals surface area contributed by atoms with E-state index < -0.39 is 17.7 Å². The van der Waals surface area contributed by atoms with Gasteiger partial charge in [-0.3, -0.25) is 0 Å². The molecule has 0 bridgehead atoms. The van der Waals surface area contributed by atoms with E-state index in [2.05, 4.69) is 5.32 Å². The van der Waals surface area contributed by atoms with E-state index in [1.807, 2.05) is 6.07 Å². The Balaban J connectivity index is 2.26. The van der Waals surface area contributed by atoms with Gasteiger partial charge in [-0.05, 0) is 30.3 Å². The maximum Gasteiger partial charge on any atom is 0.128 e. The minimum Gasteiger partial charge on any atom is -0.497 e. The van der Waals surface area contributed by atoms with Crippen molar-refractivity contribution in [2.24, 2.45) is 5.73 Å². The highest BCUT2D eigenvalue weighted by molar-refractivity contribution is 5.50. The lowest BCUT2D eigenvalue weighted by molar-refractivity contribution is 0.415. The molecule has 20 heavy (non-hydrogen) atoms. The molecule has 3 N–H and O–H groups in total. The minimum absolute atomic E-state index is 0.136. The van der Waals surface area contributed by atoms with E-state index in [-0.39, 0.29) is 12.1 Å². The monoisotopic (exact) mass is 278 g/mol. The van der Waals surface area contributed by atoms with Crippen LogP contribution in [0, 0.1) is 11.6 Å². The third kappa shape index (κ3) is 3.24. The van der Waals surface area contributed by atoms with E-state index in [9.17, 15) is 8.78 Å². The topological polar surface area (TPSA) is 47.3 Å². The van der Waals surface area contributed by atoms with Crippen molar-refractivity contribution < 1.29 is 13.5 Å². The van der Waals surface area contributed by atoms with Crippen LogP contribution in [0.15, 0.2) is 42.5 Å². The van der Waals surface area contributed by atoms with Crippen molar-refractivity contribution in [2.75, 3.05) is 19.0 Å². The maximum atomic E-state index is 13.8. The Bertz CT molecular complexity index is 590. The molecule has 0 aromatic heterocycles. The fourth-order valence-electron chi connectivity index (χ4n) is 1.96. The molecular weight excluding hydrogens is 262 g/mol. The highest BCUT2D eigenvalue weighted by Crippen LogP contribution is 2.24. The van der Waals surface area contributed by atoms with Crippen LogP contribution in [-0.2, 0) is 0 Å². The van der Waals surface area contributed by atoms with Crippen LogP contribution in [0.5, 0.6) is 5.75 Å². The molecule has 0 aliphatic rings. The van der Waals surface area contributed by atoms with E-state index in [0.29, 0.717) is 5.75 Å². The van der Waals surface area contributed by atoms with Crippen molar-refractivity contribution in [1.82, 2.24) is 0 Å². The number of benzene rings is 2. The first-order valence-electron chi connectivity index (χ1n) is 6.19. The Morgan fingerprint density at radius 2 is 2.00 bits per heavy atom. The number of anilines is 1. The zero-order valence-electron chi connectivity index (χ0n) is 11.1. The van der Waals surface area contributed by atoms with Crippen molar-refractivity contribution in [3.05, 3.63) is 59.7 Å². The first kappa shape index (κ1) is 14.3. The van der Waals surface area contributed by atoms with Crippen LogP contribution in [0.1, 0.15) is 11.6 Å². The number of hydrogen-bond donors (Lipinski definition) is 2. The molecule has 0 aliphatic heterocycles. The summed E-state index contributed by atoms with van der Waals surface area (Å²) in [6.45, 7) is 0.136. The number of halogens is 2. The van der Waals surface area contributed by atoms with Crippen molar-refractivity contribution in [1.29, 1.82) is 0 Å². The lowest BCUT2D eigenvalue weighted by Crippen LogP contribution is -2.21. The normalized spacial score (nSPS) is 12.0. The van der Waals surface area contributed by atoms with Crippen LogP contribution in [0.2, 0.25) is 0 Å². The molecule has 1 atom stereocenters. The molecule has 0 spiro atoms. The van der Waals surface area contributed by atoms with Gasteiger partial charge >= 0.3 is 0 Å². The van der Waals surface area contributed by atoms with Crippen molar-refractivity contribution in [3.63, 3.8) is 0 Å². The summed E-state index contributed by atoms with van der Waals surface area (Å²) in [5.41, 5.74) is 6.59. The Kier molecular flexibility index (Phi) is 4.53. The molecular formula is C15H16F2N2O. The largest absolute Gasteiger partial charge is 0.497 e. The van der Waals surface area contributed by atoms with Gasteiger partial charge in [0.1, 0.15) is 17.4 Å². The van der Waals surface area contributed by atoms with Gasteiger partial charge in [0.2, 0.25) is 0 Å². The van der Waals surface area contributed by atoms with Crippen LogP contribution in [0.25, 0.3) is 0 Å². The predicted octanol–water partition coefficient (Wildman–Crippen LogP) is 3.09. The van der Waals surface area contributed by atoms with Crippen LogP contribution in [-0.4, -0.2) is 13.7 Å². The van der Waals surface area contributed by atoms with Gasteiger partial charge in [-0.15, -0.1) is 0 Å². The Labute approximate surface area is 116 Å². The summed E-state index contributed by atoms with van der Waals surface area (Å²) >= 11 is 0. The second-order valence-corrected chi connectivity index (χ2v) is 4.33. The van der Waals surface area contributed by atoms with E-state index >= 15 is 0 Å². The second kappa shape index (κ2) is 6.34. The summed E-state index contributed by atoms with van der Waals surface area (Å²) in [6.07, 6.45) is 0. The fourth-order valence-corrected chi connectivity index (χ4v) is 1.96. The molecule has 2 rings (SSSR count). The average Bonchev–Trinajstić information content (AvgIpc) is 2.47. The predicted molar refractivity (Wildman–Crippen MR) is 74.8 cm³/mol. The fraction of sp³-hybridized carbons (Fsp3) is 0.200. The van der Waals surface area contributed by atoms with Gasteiger partial charge < -0.3 is 15.8 Å². The van der Waals surface area contributed by atoms with Gasteiger partial charge in [-0.1, -0.05) is 6.07 Å². The molecule has 1 unspecified atom stereocenters. The van der Waals surface area contributed by atoms with Gasteiger partial charge in [0.05, 0.1) is 13.2 Å². The number of nitrogens with two attached hydrogens (primary N) is 1. The lowest BCUT2D eigenvalue weighted by Gasteiger charge is -2.19. The summed E-state index contributed by atoms with van der Waals surface area (Å²) in [6, 6.07) is 9.99. The SMILES string of the molecule is COc1cccc(NC(CN)c2cc(F)ccc2F)c1. The molecule has 0 saturated heterocycles. The van der Waals surface area contributed by atoms with E-state index in [1.165, 1.54) is 0 Å². The molecule has 2 aromatic rings. The van der Waals surface area contributed by atoms with Crippen LogP contribution < -0.4 is 15.8 Å². The summed E-state index contributed by atoms with van der Waals surface area (Å²) in [5.74, 6) is -0.310. The molecule has 5 heteroatoms. The molecule has 0 heterocycles. The van der Waals surface area contributed by atoms with Crippen molar-refractivity contribution >= 4 is 5.69 Å². The summed E-state index contributed by atoms with van der Waals surface area (Å²) in [5, 5.41) is 3.08. The third-order valence-corrected chi connectivity index (χ3v) is 2.98. The Hall–Kier alpha value is -2.14. The zero-order valence-corrected chi connectivity index (χ0v) is 11.1. The van der Waals surface area contributed by atoms with Crippen LogP contribution in [0.4, 0.5) is 14.5 Å². The van der Waals surface area contributed by atoms with Gasteiger partial charge in [0.15, 0.2) is 0 Å². The lowest BCUT2D eigenvalue weighted by atomic mass is 10.1. The van der Waals surface area contributed by atoms with E-state index in [1.54, 1.807) is 25.3 Å². The molecule has 0 saturated carbocycles. The maximum absolute atomic E-state index is 13.8. The molecule has 106 valence electrons. The number of rotatable bonds is 5. The second-order valence-electron chi connectivity index (χ2n) is 4.33. The number of hydrogen-bond acceptors (Lipinski definition) is 3. The highest BCUT2D eigenvalue weighted by atomic mass is 19.1. The van der Waals surface area contributed by atoms with Crippen LogP contribution >= 0.6 is 0 Å². The van der Waals surface area contributed by atoms with Crippen molar-refractivity contribution in [3.8, 4) is 5.75 Å². The molecule has 0 radical (unpaired) electrons. The molecule has 0 amide bonds. The van der Waals surface area contributed by atoms with Gasteiger partial charge in [0, 0.05) is 23.9 Å². The van der Waals surface area contributed by atoms with Gasteiger partial charge in [-0.2, -0.15) is 0 Å². The zero-order chi connectivity index (χ0) is 14.5. The number of nitrogens with one attached hydrogen (secondary N) is 1. The van der Waals surface area contributed by atoms with E-state index in [4.69, 9.17) is 10.5 Å². The van der Waals surface area contributed by atoms with Gasteiger partial charge in [0.25, 0.3) is 0 Å². The Morgan fingerprint density at radius 1 is 1.20 bits per heavy atom. The summed E-state index contributed by atoms with van der Waals surface area (Å²) in [7, 11) is 1.56. The summed E-state index contributed by atoms with van der Waals surface area (Å²) in [4.78, 5) is 0. The van der Waals surface area contributed by atoms with Gasteiger partial charge in [-0.25, -0.2) is 8.78 Å². The number of ether oxygens (including phenoxy) is 1. The van der Waals surface area contributed by atoms with Crippen molar-refractivity contribution in [2.45, 2.75) is 6.04 Å². The first-order valence-corrected chi connectivity index (χ1v) is 6.19. The quantitative estimate of drug-likeness (QED) is 0.883. The molecule has 0 fully saturated rings. The van der Waals surface area contributed by atoms with E-state index in [0.717, 1.165) is 23.9 Å². The summed E-state index contributed by atoms with van der Waals surface area (Å²) < 4.78 is 32.1. The molecule has 2 aromatic carbocycles. The molecule has 0 aliphatic carbocycles. The highest BCUT2D eigenvalue weighted by Gasteiger charge is 2.15. The number of methoxy groups -OCH3 is 1. The Morgan fingerprint density at radius 3 is 2.70 bits per heavy atom. The van der Waals surface area contributed by atoms with Crippen LogP contribution in [0.3, 0.4) is 0 Å². The smallest absolute Gasteiger partial charge is 0.128 e.